The standard InChI is InChI=1S/C18H23ClN4O2S/c1-25-11-8-20-17(24)14-6-9-23(10-7-14)18-21-16(22-26-18)12-13-2-4-15(19)5-3-13/h2-5,14H,6-12H2,1H3,(H,20,24). The Hall–Kier alpha value is -1.70. The second-order valence-electron chi connectivity index (χ2n) is 6.34. The number of rotatable bonds is 7. The number of nitrogens with zero attached hydrogens (tertiary/aromatic N) is 3. The van der Waals surface area contributed by atoms with Gasteiger partial charge in [-0.1, -0.05) is 23.7 Å². The van der Waals surface area contributed by atoms with Crippen LogP contribution in [0.4, 0.5) is 5.13 Å². The number of ether oxygens (including phenoxy) is 1. The molecule has 0 spiro atoms. The molecule has 140 valence electrons. The van der Waals surface area contributed by atoms with E-state index in [9.17, 15) is 4.79 Å². The zero-order chi connectivity index (χ0) is 18.4. The number of anilines is 1. The lowest BCUT2D eigenvalue weighted by Gasteiger charge is -2.30. The number of hydrogen-bond donors (Lipinski definition) is 1. The average molecular weight is 395 g/mol. The summed E-state index contributed by atoms with van der Waals surface area (Å²) in [6.45, 7) is 2.78. The minimum absolute atomic E-state index is 0.0737. The Balaban J connectivity index is 1.50. The molecule has 8 heteroatoms. The molecule has 1 aliphatic rings. The minimum atomic E-state index is 0.0737. The first-order chi connectivity index (χ1) is 12.7. The highest BCUT2D eigenvalue weighted by molar-refractivity contribution is 7.09. The van der Waals surface area contributed by atoms with Crippen molar-refractivity contribution < 1.29 is 9.53 Å². The second-order valence-corrected chi connectivity index (χ2v) is 7.51. The lowest BCUT2D eigenvalue weighted by molar-refractivity contribution is -0.125. The summed E-state index contributed by atoms with van der Waals surface area (Å²) in [5, 5.41) is 4.59. The Morgan fingerprint density at radius 1 is 1.35 bits per heavy atom. The van der Waals surface area contributed by atoms with Crippen LogP contribution in [-0.2, 0) is 16.0 Å². The van der Waals surface area contributed by atoms with E-state index in [0.29, 0.717) is 19.6 Å². The molecule has 1 aromatic carbocycles. The molecule has 0 radical (unpaired) electrons. The molecule has 1 aliphatic heterocycles. The van der Waals surface area contributed by atoms with Gasteiger partial charge in [-0.25, -0.2) is 4.98 Å². The Kier molecular flexibility index (Phi) is 6.82. The quantitative estimate of drug-likeness (QED) is 0.731. The first kappa shape index (κ1) is 19.1. The van der Waals surface area contributed by atoms with Gasteiger partial charge in [0.05, 0.1) is 6.61 Å². The van der Waals surface area contributed by atoms with Crippen molar-refractivity contribution in [3.63, 3.8) is 0 Å². The van der Waals surface area contributed by atoms with Gasteiger partial charge in [0.15, 0.2) is 0 Å². The SMILES string of the molecule is COCCNC(=O)C1CCN(c2nc(Cc3ccc(Cl)cc3)ns2)CC1. The van der Waals surface area contributed by atoms with Gasteiger partial charge < -0.3 is 15.0 Å². The van der Waals surface area contributed by atoms with Gasteiger partial charge in [0.25, 0.3) is 0 Å². The molecule has 0 unspecified atom stereocenters. The molecule has 1 saturated heterocycles. The van der Waals surface area contributed by atoms with E-state index in [2.05, 4.69) is 19.6 Å². The fraction of sp³-hybridized carbons (Fsp3) is 0.500. The van der Waals surface area contributed by atoms with Crippen LogP contribution in [0.1, 0.15) is 24.2 Å². The van der Waals surface area contributed by atoms with Crippen molar-refractivity contribution in [3.05, 3.63) is 40.7 Å². The van der Waals surface area contributed by atoms with Gasteiger partial charge in [0.1, 0.15) is 5.82 Å². The zero-order valence-corrected chi connectivity index (χ0v) is 16.4. The number of hydrogen-bond acceptors (Lipinski definition) is 6. The molecule has 0 atom stereocenters. The van der Waals surface area contributed by atoms with Crippen molar-refractivity contribution in [2.24, 2.45) is 5.92 Å². The lowest BCUT2D eigenvalue weighted by atomic mass is 9.96. The van der Waals surface area contributed by atoms with Crippen LogP contribution in [0, 0.1) is 5.92 Å². The van der Waals surface area contributed by atoms with E-state index in [0.717, 1.165) is 47.5 Å². The molecular formula is C18H23ClN4O2S. The minimum Gasteiger partial charge on any atom is -0.383 e. The van der Waals surface area contributed by atoms with Crippen LogP contribution in [0.5, 0.6) is 0 Å². The van der Waals surface area contributed by atoms with Gasteiger partial charge in [0, 0.05) is 55.6 Å². The number of halogens is 1. The van der Waals surface area contributed by atoms with Crippen LogP contribution in [-0.4, -0.2) is 48.6 Å². The van der Waals surface area contributed by atoms with Crippen molar-refractivity contribution in [2.45, 2.75) is 19.3 Å². The number of carbonyl (C=O) groups excluding carboxylic acids is 1. The molecular weight excluding hydrogens is 372 g/mol. The van der Waals surface area contributed by atoms with Crippen LogP contribution >= 0.6 is 23.1 Å². The summed E-state index contributed by atoms with van der Waals surface area (Å²) in [4.78, 5) is 19.0. The number of carbonyl (C=O) groups is 1. The molecule has 2 aromatic rings. The van der Waals surface area contributed by atoms with Gasteiger partial charge in [-0.3, -0.25) is 4.79 Å². The monoisotopic (exact) mass is 394 g/mol. The average Bonchev–Trinajstić information content (AvgIpc) is 3.12. The largest absolute Gasteiger partial charge is 0.383 e. The van der Waals surface area contributed by atoms with Crippen LogP contribution in [0.2, 0.25) is 5.02 Å². The third kappa shape index (κ3) is 5.16. The normalized spacial score (nSPS) is 15.2. The Morgan fingerprint density at radius 3 is 2.77 bits per heavy atom. The number of amides is 1. The van der Waals surface area contributed by atoms with E-state index in [1.54, 1.807) is 7.11 Å². The molecule has 3 rings (SSSR count). The smallest absolute Gasteiger partial charge is 0.223 e. The maximum atomic E-state index is 12.1. The topological polar surface area (TPSA) is 67.3 Å². The predicted octanol–water partition coefficient (Wildman–Crippen LogP) is 2.76. The molecule has 0 bridgehead atoms. The number of nitrogens with one attached hydrogen (secondary N) is 1. The highest BCUT2D eigenvalue weighted by Crippen LogP contribution is 2.25. The fourth-order valence-corrected chi connectivity index (χ4v) is 3.85. The van der Waals surface area contributed by atoms with E-state index in [1.165, 1.54) is 11.5 Å². The van der Waals surface area contributed by atoms with E-state index in [-0.39, 0.29) is 11.8 Å². The fourth-order valence-electron chi connectivity index (χ4n) is 2.98. The first-order valence-electron chi connectivity index (χ1n) is 8.74. The Bertz CT molecular complexity index is 714. The van der Waals surface area contributed by atoms with Crippen LogP contribution in [0.15, 0.2) is 24.3 Å². The summed E-state index contributed by atoms with van der Waals surface area (Å²) in [6.07, 6.45) is 2.38. The molecule has 1 amide bonds. The number of benzene rings is 1. The number of methoxy groups -OCH3 is 1. The summed E-state index contributed by atoms with van der Waals surface area (Å²) >= 11 is 7.35. The molecule has 26 heavy (non-hydrogen) atoms. The van der Waals surface area contributed by atoms with Gasteiger partial charge in [-0.15, -0.1) is 0 Å². The van der Waals surface area contributed by atoms with E-state index in [4.69, 9.17) is 16.3 Å². The summed E-state index contributed by atoms with van der Waals surface area (Å²) in [7, 11) is 1.63. The van der Waals surface area contributed by atoms with Crippen LogP contribution in [0.25, 0.3) is 0 Å². The second kappa shape index (κ2) is 9.30. The summed E-state index contributed by atoms with van der Waals surface area (Å²) in [6, 6.07) is 7.76. The Morgan fingerprint density at radius 2 is 2.08 bits per heavy atom. The highest BCUT2D eigenvalue weighted by Gasteiger charge is 2.26. The first-order valence-corrected chi connectivity index (χ1v) is 9.89. The third-order valence-electron chi connectivity index (χ3n) is 4.47. The van der Waals surface area contributed by atoms with Crippen LogP contribution in [0.3, 0.4) is 0 Å². The van der Waals surface area contributed by atoms with Crippen molar-refractivity contribution in [1.29, 1.82) is 0 Å². The molecule has 6 nitrogen and oxygen atoms in total. The molecule has 2 heterocycles. The van der Waals surface area contributed by atoms with Gasteiger partial charge in [-0.2, -0.15) is 4.37 Å². The zero-order valence-electron chi connectivity index (χ0n) is 14.8. The molecule has 1 N–H and O–H groups in total. The van der Waals surface area contributed by atoms with Crippen molar-refractivity contribution in [1.82, 2.24) is 14.7 Å². The van der Waals surface area contributed by atoms with Crippen molar-refractivity contribution in [3.8, 4) is 0 Å². The van der Waals surface area contributed by atoms with Gasteiger partial charge >= 0.3 is 0 Å². The van der Waals surface area contributed by atoms with Crippen LogP contribution < -0.4 is 10.2 Å². The van der Waals surface area contributed by atoms with E-state index in [1.807, 2.05) is 24.3 Å². The molecule has 0 saturated carbocycles. The van der Waals surface area contributed by atoms with E-state index < -0.39 is 0 Å². The maximum absolute atomic E-state index is 12.1. The van der Waals surface area contributed by atoms with E-state index >= 15 is 0 Å². The van der Waals surface area contributed by atoms with Crippen molar-refractivity contribution >= 4 is 34.2 Å². The lowest BCUT2D eigenvalue weighted by Crippen LogP contribution is -2.41. The van der Waals surface area contributed by atoms with Crippen molar-refractivity contribution in [2.75, 3.05) is 38.3 Å². The Labute approximate surface area is 162 Å². The predicted molar refractivity (Wildman–Crippen MR) is 104 cm³/mol. The van der Waals surface area contributed by atoms with Gasteiger partial charge in [-0.05, 0) is 30.5 Å². The molecule has 1 fully saturated rings. The molecule has 0 aliphatic carbocycles. The third-order valence-corrected chi connectivity index (χ3v) is 5.54. The summed E-state index contributed by atoms with van der Waals surface area (Å²) in [5.41, 5.74) is 1.14. The highest BCUT2D eigenvalue weighted by atomic mass is 35.5. The number of aromatic nitrogens is 2. The summed E-state index contributed by atoms with van der Waals surface area (Å²) < 4.78 is 9.44. The molecule has 1 aromatic heterocycles. The maximum Gasteiger partial charge on any atom is 0.223 e. The number of piperidine rings is 1. The van der Waals surface area contributed by atoms with Gasteiger partial charge in [0.2, 0.25) is 11.0 Å². The summed E-state index contributed by atoms with van der Waals surface area (Å²) in [5.74, 6) is 1.03.